The van der Waals surface area contributed by atoms with Crippen LogP contribution in [-0.4, -0.2) is 57.5 Å². The lowest BCUT2D eigenvalue weighted by atomic mass is 10.1. The van der Waals surface area contributed by atoms with Crippen LogP contribution in [0.25, 0.3) is 0 Å². The van der Waals surface area contributed by atoms with Crippen molar-refractivity contribution in [2.45, 2.75) is 51.4 Å². The summed E-state index contributed by atoms with van der Waals surface area (Å²) in [6, 6.07) is 2.37. The number of benzene rings is 1. The van der Waals surface area contributed by atoms with Gasteiger partial charge in [0.1, 0.15) is 5.56 Å². The lowest BCUT2D eigenvalue weighted by Crippen LogP contribution is -2.46. The molecule has 2 rings (SSSR count). The summed E-state index contributed by atoms with van der Waals surface area (Å²) in [5, 5.41) is 11.7. The van der Waals surface area contributed by atoms with Crippen molar-refractivity contribution in [1.29, 1.82) is 0 Å². The van der Waals surface area contributed by atoms with Crippen molar-refractivity contribution in [1.82, 2.24) is 4.90 Å². The van der Waals surface area contributed by atoms with Gasteiger partial charge in [-0.1, -0.05) is 32.9 Å². The van der Waals surface area contributed by atoms with Gasteiger partial charge in [-0.2, -0.15) is 0 Å². The van der Waals surface area contributed by atoms with Crippen molar-refractivity contribution in [3.63, 3.8) is 0 Å². The number of nitrogens with zero attached hydrogens (tertiary/aromatic N) is 2. The average molecular weight is 437 g/mol. The molecule has 0 spiro atoms. The first kappa shape index (κ1) is 23.9. The molecule has 30 heavy (non-hydrogen) atoms. The van der Waals surface area contributed by atoms with Crippen LogP contribution in [0.5, 0.6) is 11.5 Å². The van der Waals surface area contributed by atoms with Gasteiger partial charge in [0.2, 0.25) is 0 Å². The third-order valence-electron chi connectivity index (χ3n) is 5.99. The van der Waals surface area contributed by atoms with E-state index < -0.39 is 19.1 Å². The van der Waals surface area contributed by atoms with Gasteiger partial charge in [0.05, 0.1) is 37.9 Å². The number of nitro groups is 1. The molecule has 1 aromatic carbocycles. The fourth-order valence-electron chi connectivity index (χ4n) is 3.13. The molecule has 0 unspecified atom stereocenters. The van der Waals surface area contributed by atoms with Gasteiger partial charge in [-0.15, -0.1) is 0 Å². The molecule has 8 nitrogen and oxygen atoms in total. The van der Waals surface area contributed by atoms with E-state index in [0.717, 1.165) is 5.57 Å². The van der Waals surface area contributed by atoms with Crippen molar-refractivity contribution >= 4 is 19.9 Å². The van der Waals surface area contributed by atoms with Crippen molar-refractivity contribution in [3.05, 3.63) is 40.0 Å². The molecule has 1 heterocycles. The zero-order valence-electron chi connectivity index (χ0n) is 18.9. The first-order valence-corrected chi connectivity index (χ1v) is 12.7. The first-order chi connectivity index (χ1) is 13.8. The van der Waals surface area contributed by atoms with Crippen LogP contribution < -0.4 is 9.47 Å². The second kappa shape index (κ2) is 8.77. The minimum Gasteiger partial charge on any atom is -0.493 e. The predicted molar refractivity (Wildman–Crippen MR) is 118 cm³/mol. The van der Waals surface area contributed by atoms with Gasteiger partial charge in [-0.05, 0) is 24.6 Å². The molecular weight excluding hydrogens is 404 g/mol. The van der Waals surface area contributed by atoms with Crippen LogP contribution in [0.1, 0.15) is 37.6 Å². The minimum absolute atomic E-state index is 0.0373. The molecule has 0 bridgehead atoms. The second-order valence-electron chi connectivity index (χ2n) is 9.09. The van der Waals surface area contributed by atoms with Crippen LogP contribution in [0.4, 0.5) is 5.69 Å². The van der Waals surface area contributed by atoms with E-state index in [1.807, 2.05) is 0 Å². The molecule has 0 N–H and O–H groups in total. The summed E-state index contributed by atoms with van der Waals surface area (Å²) in [5.74, 6) is 0.0214. The number of hydrogen-bond acceptors (Lipinski definition) is 6. The van der Waals surface area contributed by atoms with Crippen molar-refractivity contribution in [2.75, 3.05) is 27.4 Å². The standard InChI is InChI=1S/C21H32N2O6Si/c1-14-9-15(13-29-30(7,8)21(2,3)4)22(12-14)20(24)16-10-18(27-5)19(28-6)11-17(16)23(25)26/h10-11,15H,1,9,12-13H2,2-8H3/t15-/m0/s1. The molecule has 0 aliphatic carbocycles. The molecule has 1 saturated heterocycles. The monoisotopic (exact) mass is 436 g/mol. The Labute approximate surface area is 179 Å². The minimum atomic E-state index is -2.01. The van der Waals surface area contributed by atoms with Crippen LogP contribution in [0.15, 0.2) is 24.3 Å². The number of carbonyl (C=O) groups excluding carboxylic acids is 1. The summed E-state index contributed by atoms with van der Waals surface area (Å²) in [6.07, 6.45) is 0.613. The molecule has 9 heteroatoms. The molecule has 1 aliphatic rings. The lowest BCUT2D eigenvalue weighted by Gasteiger charge is -2.38. The molecule has 0 aromatic heterocycles. The summed E-state index contributed by atoms with van der Waals surface area (Å²) in [5.41, 5.74) is 0.541. The van der Waals surface area contributed by atoms with Gasteiger partial charge in [0.25, 0.3) is 11.6 Å². The van der Waals surface area contributed by atoms with E-state index in [4.69, 9.17) is 13.9 Å². The summed E-state index contributed by atoms with van der Waals surface area (Å²) < 4.78 is 16.7. The number of likely N-dealkylation sites (tertiary alicyclic amines) is 1. The highest BCUT2D eigenvalue weighted by Crippen LogP contribution is 2.39. The van der Waals surface area contributed by atoms with E-state index in [2.05, 4.69) is 40.4 Å². The Morgan fingerprint density at radius 2 is 1.83 bits per heavy atom. The number of amides is 1. The fraction of sp³-hybridized carbons (Fsp3) is 0.571. The number of ether oxygens (including phenoxy) is 2. The fourth-order valence-corrected chi connectivity index (χ4v) is 4.17. The zero-order valence-corrected chi connectivity index (χ0v) is 19.9. The number of methoxy groups -OCH3 is 2. The van der Waals surface area contributed by atoms with Crippen LogP contribution in [0, 0.1) is 10.1 Å². The maximum absolute atomic E-state index is 13.4. The number of rotatable bonds is 7. The Balaban J connectivity index is 2.36. The molecule has 1 atom stereocenters. The Morgan fingerprint density at radius 3 is 2.33 bits per heavy atom. The second-order valence-corrected chi connectivity index (χ2v) is 13.9. The average Bonchev–Trinajstić information content (AvgIpc) is 3.04. The van der Waals surface area contributed by atoms with Gasteiger partial charge in [-0.3, -0.25) is 14.9 Å². The summed E-state index contributed by atoms with van der Waals surface area (Å²) in [4.78, 5) is 26.0. The van der Waals surface area contributed by atoms with E-state index in [0.29, 0.717) is 19.6 Å². The molecule has 1 amide bonds. The molecule has 1 aromatic rings. The Hall–Kier alpha value is -2.39. The van der Waals surface area contributed by atoms with Crippen LogP contribution in [-0.2, 0) is 4.43 Å². The SMILES string of the molecule is C=C1C[C@@H](CO[Si](C)(C)C(C)(C)C)N(C(=O)c2cc(OC)c(OC)cc2[N+](=O)[O-])C1. The number of nitro benzene ring substituents is 1. The van der Waals surface area contributed by atoms with Crippen LogP contribution in [0.3, 0.4) is 0 Å². The predicted octanol–water partition coefficient (Wildman–Crippen LogP) is 4.40. The zero-order chi connectivity index (χ0) is 22.9. The lowest BCUT2D eigenvalue weighted by molar-refractivity contribution is -0.385. The Kier molecular flexibility index (Phi) is 6.98. The normalized spacial score (nSPS) is 17.2. The number of carbonyl (C=O) groups is 1. The smallest absolute Gasteiger partial charge is 0.286 e. The Bertz CT molecular complexity index is 847. The first-order valence-electron chi connectivity index (χ1n) is 9.84. The molecule has 166 valence electrons. The molecule has 1 aliphatic heterocycles. The van der Waals surface area contributed by atoms with Crippen molar-refractivity contribution in [2.24, 2.45) is 0 Å². The highest BCUT2D eigenvalue weighted by molar-refractivity contribution is 6.74. The highest BCUT2D eigenvalue weighted by Gasteiger charge is 2.40. The van der Waals surface area contributed by atoms with E-state index in [1.165, 1.54) is 26.4 Å². The van der Waals surface area contributed by atoms with Gasteiger partial charge < -0.3 is 18.8 Å². The van der Waals surface area contributed by atoms with Gasteiger partial charge in [-0.25, -0.2) is 0 Å². The Morgan fingerprint density at radius 1 is 1.27 bits per heavy atom. The maximum Gasteiger partial charge on any atom is 0.286 e. The van der Waals surface area contributed by atoms with Crippen molar-refractivity contribution in [3.8, 4) is 11.5 Å². The van der Waals surface area contributed by atoms with Crippen LogP contribution in [0.2, 0.25) is 18.1 Å². The number of hydrogen-bond donors (Lipinski definition) is 0. The summed E-state index contributed by atoms with van der Waals surface area (Å²) in [7, 11) is 0.806. The maximum atomic E-state index is 13.4. The summed E-state index contributed by atoms with van der Waals surface area (Å²) >= 11 is 0. The third kappa shape index (κ3) is 4.84. The van der Waals surface area contributed by atoms with E-state index in [9.17, 15) is 14.9 Å². The molecule has 0 saturated carbocycles. The molecular formula is C21H32N2O6Si. The van der Waals surface area contributed by atoms with Crippen molar-refractivity contribution < 1.29 is 23.6 Å². The van der Waals surface area contributed by atoms with E-state index in [-0.39, 0.29) is 33.8 Å². The summed E-state index contributed by atoms with van der Waals surface area (Å²) in [6.45, 7) is 15.5. The molecule has 0 radical (unpaired) electrons. The van der Waals surface area contributed by atoms with Gasteiger partial charge >= 0.3 is 0 Å². The highest BCUT2D eigenvalue weighted by atomic mass is 28.4. The van der Waals surface area contributed by atoms with Crippen LogP contribution >= 0.6 is 0 Å². The van der Waals surface area contributed by atoms with E-state index >= 15 is 0 Å². The largest absolute Gasteiger partial charge is 0.493 e. The topological polar surface area (TPSA) is 91.1 Å². The van der Waals surface area contributed by atoms with Gasteiger partial charge in [0, 0.05) is 12.6 Å². The van der Waals surface area contributed by atoms with Gasteiger partial charge in [0.15, 0.2) is 19.8 Å². The quantitative estimate of drug-likeness (QED) is 0.272. The molecule has 1 fully saturated rings. The third-order valence-corrected chi connectivity index (χ3v) is 10.5. The van der Waals surface area contributed by atoms with E-state index in [1.54, 1.807) is 4.90 Å².